The van der Waals surface area contributed by atoms with E-state index in [0.29, 0.717) is 11.0 Å². The molecule has 1 atom stereocenters. The van der Waals surface area contributed by atoms with Crippen molar-refractivity contribution in [3.8, 4) is 0 Å². The number of anilines is 1. The maximum Gasteiger partial charge on any atom is 0.234 e. The molecule has 5 heteroatoms. The normalized spacial score (nSPS) is 11.3. The van der Waals surface area contributed by atoms with Gasteiger partial charge in [-0.25, -0.2) is 0 Å². The summed E-state index contributed by atoms with van der Waals surface area (Å²) in [7, 11) is -1.87. The summed E-state index contributed by atoms with van der Waals surface area (Å²) >= 11 is 5.93. The summed E-state index contributed by atoms with van der Waals surface area (Å²) in [5, 5.41) is 0.657. The Morgan fingerprint density at radius 2 is 1.47 bits per heavy atom. The average Bonchev–Trinajstić information content (AvgIpc) is 2.40. The van der Waals surface area contributed by atoms with Crippen molar-refractivity contribution in [3.63, 3.8) is 0 Å². The fourth-order valence-corrected chi connectivity index (χ4v) is 2.35. The first-order valence-corrected chi connectivity index (χ1v) is 6.57. The van der Waals surface area contributed by atoms with E-state index in [9.17, 15) is 4.89 Å². The van der Waals surface area contributed by atoms with E-state index in [1.165, 1.54) is 0 Å². The molecule has 2 aromatic carbocycles. The van der Waals surface area contributed by atoms with Crippen LogP contribution in [-0.4, -0.2) is 0 Å². The van der Waals surface area contributed by atoms with Crippen LogP contribution in [0.25, 0.3) is 0 Å². The molecule has 0 radical (unpaired) electrons. The molecule has 86 valence electrons. The quantitative estimate of drug-likeness (QED) is 0.486. The van der Waals surface area contributed by atoms with Gasteiger partial charge in [0.1, 0.15) is 0 Å². The van der Waals surface area contributed by atoms with Gasteiger partial charge in [0, 0.05) is 16.6 Å². The first kappa shape index (κ1) is 12.1. The summed E-state index contributed by atoms with van der Waals surface area (Å²) in [5.74, 6) is 0. The lowest BCUT2D eigenvalue weighted by Crippen LogP contribution is -2.08. The highest BCUT2D eigenvalue weighted by Crippen LogP contribution is 2.22. The molecule has 0 aliphatic heterocycles. The van der Waals surface area contributed by atoms with Gasteiger partial charge in [-0.15, -0.1) is 4.53 Å². The average molecular weight is 265 g/mol. The van der Waals surface area contributed by atoms with Crippen molar-refractivity contribution in [3.05, 3.63) is 60.7 Å². The third kappa shape index (κ3) is 3.27. The predicted octanol–water partition coefficient (Wildman–Crippen LogP) is 2.83. The molecule has 3 nitrogen and oxygen atoms in total. The smallest absolute Gasteiger partial charge is 0.234 e. The summed E-state index contributed by atoms with van der Waals surface area (Å²) in [5.41, 5.74) is 0.688. The van der Waals surface area contributed by atoms with Gasteiger partial charge in [0.25, 0.3) is 0 Å². The maximum atomic E-state index is 11.9. The van der Waals surface area contributed by atoms with E-state index in [4.69, 9.17) is 11.8 Å². The van der Waals surface area contributed by atoms with Gasteiger partial charge in [-0.1, -0.05) is 36.4 Å². The standard InChI is InChI=1S/C12H10ClN2OP/c13-15(11-7-3-1-4-8-11)14-17(16)12-9-5-2-6-10-12/h1-10H. The van der Waals surface area contributed by atoms with Gasteiger partial charge in [-0.3, -0.25) is 0 Å². The zero-order valence-corrected chi connectivity index (χ0v) is 10.6. The minimum Gasteiger partial charge on any atom is -0.606 e. The lowest BCUT2D eigenvalue weighted by molar-refractivity contribution is -0.152. The summed E-state index contributed by atoms with van der Waals surface area (Å²) in [4.78, 5) is 15.8. The van der Waals surface area contributed by atoms with Gasteiger partial charge in [0.15, 0.2) is 5.30 Å². The first-order valence-electron chi connectivity index (χ1n) is 5.02. The molecular formula is C12H10ClN2OP. The van der Waals surface area contributed by atoms with Crippen LogP contribution in [0.2, 0.25) is 0 Å². The molecule has 0 aliphatic rings. The van der Waals surface area contributed by atoms with Gasteiger partial charge in [0.2, 0.25) is 7.94 Å². The van der Waals surface area contributed by atoms with Crippen LogP contribution in [0.3, 0.4) is 0 Å². The van der Waals surface area contributed by atoms with Gasteiger partial charge in [0.05, 0.1) is 5.69 Å². The molecule has 0 amide bonds. The third-order valence-electron chi connectivity index (χ3n) is 2.11. The zero-order chi connectivity index (χ0) is 12.1. The summed E-state index contributed by atoms with van der Waals surface area (Å²) in [6.45, 7) is 0. The van der Waals surface area contributed by atoms with Crippen molar-refractivity contribution in [1.29, 1.82) is 0 Å². The van der Waals surface area contributed by atoms with Crippen LogP contribution in [0.5, 0.6) is 0 Å². The second-order valence-electron chi connectivity index (χ2n) is 3.29. The van der Waals surface area contributed by atoms with E-state index in [1.54, 1.807) is 24.3 Å². The van der Waals surface area contributed by atoms with Gasteiger partial charge < -0.3 is 4.89 Å². The Hall–Kier alpha value is -1.41. The highest BCUT2D eigenvalue weighted by Gasteiger charge is 2.08. The highest BCUT2D eigenvalue weighted by atomic mass is 35.5. The van der Waals surface area contributed by atoms with Gasteiger partial charge in [-0.05, 0) is 24.3 Å². The second kappa shape index (κ2) is 5.78. The number of para-hydroxylation sites is 1. The van der Waals surface area contributed by atoms with Crippen LogP contribution in [0.4, 0.5) is 5.69 Å². The van der Waals surface area contributed by atoms with Crippen molar-refractivity contribution >= 4 is 30.7 Å². The molecule has 0 bridgehead atoms. The Morgan fingerprint density at radius 1 is 0.941 bits per heavy atom. The third-order valence-corrected chi connectivity index (χ3v) is 3.56. The lowest BCUT2D eigenvalue weighted by atomic mass is 10.3. The summed E-state index contributed by atoms with van der Waals surface area (Å²) in [6.07, 6.45) is 0. The zero-order valence-electron chi connectivity index (χ0n) is 8.90. The van der Waals surface area contributed by atoms with E-state index in [2.05, 4.69) is 4.85 Å². The molecule has 0 fully saturated rings. The Bertz CT molecular complexity index is 504. The maximum absolute atomic E-state index is 11.9. The van der Waals surface area contributed by atoms with E-state index in [-0.39, 0.29) is 0 Å². The van der Waals surface area contributed by atoms with Gasteiger partial charge >= 0.3 is 0 Å². The molecule has 0 heterocycles. The van der Waals surface area contributed by atoms with Crippen molar-refractivity contribution in [1.82, 2.24) is 0 Å². The number of rotatable bonds is 3. The molecule has 0 aliphatic carbocycles. The van der Waals surface area contributed by atoms with Gasteiger partial charge in [-0.2, -0.15) is 0 Å². The number of nitrogens with zero attached hydrogens (tertiary/aromatic N) is 2. The molecule has 2 rings (SSSR count). The van der Waals surface area contributed by atoms with E-state index < -0.39 is 7.94 Å². The Labute approximate surface area is 106 Å². The van der Waals surface area contributed by atoms with Crippen LogP contribution < -0.4 is 14.7 Å². The van der Waals surface area contributed by atoms with Crippen molar-refractivity contribution in [2.75, 3.05) is 4.53 Å². The second-order valence-corrected chi connectivity index (χ2v) is 4.85. The molecule has 0 saturated heterocycles. The Kier molecular flexibility index (Phi) is 4.10. The van der Waals surface area contributed by atoms with Crippen LogP contribution in [-0.2, 0) is 0 Å². The molecule has 0 spiro atoms. The number of benzene rings is 2. The van der Waals surface area contributed by atoms with Crippen molar-refractivity contribution < 1.29 is 4.89 Å². The SMILES string of the molecule is [O-]/[P+](=N\N(Cl)c1ccccc1)c1ccccc1. The van der Waals surface area contributed by atoms with Crippen molar-refractivity contribution in [2.24, 2.45) is 4.85 Å². The fraction of sp³-hybridized carbons (Fsp3) is 0. The minimum absolute atomic E-state index is 0.657. The van der Waals surface area contributed by atoms with E-state index in [1.807, 2.05) is 36.4 Å². The summed E-state index contributed by atoms with van der Waals surface area (Å²) < 4.78 is 1.12. The predicted molar refractivity (Wildman–Crippen MR) is 70.2 cm³/mol. The number of halogens is 1. The lowest BCUT2D eigenvalue weighted by Gasteiger charge is -2.06. The molecule has 2 aromatic rings. The van der Waals surface area contributed by atoms with Crippen LogP contribution in [0, 0.1) is 0 Å². The largest absolute Gasteiger partial charge is 0.606 e. The Morgan fingerprint density at radius 3 is 2.06 bits per heavy atom. The molecule has 0 saturated carbocycles. The fourth-order valence-electron chi connectivity index (χ4n) is 1.28. The van der Waals surface area contributed by atoms with E-state index >= 15 is 0 Å². The highest BCUT2D eigenvalue weighted by molar-refractivity contribution is 7.48. The molecule has 17 heavy (non-hydrogen) atoms. The first-order chi connectivity index (χ1) is 8.27. The monoisotopic (exact) mass is 264 g/mol. The van der Waals surface area contributed by atoms with E-state index in [0.717, 1.165) is 4.53 Å². The van der Waals surface area contributed by atoms with Crippen molar-refractivity contribution in [2.45, 2.75) is 0 Å². The van der Waals surface area contributed by atoms with Crippen LogP contribution >= 0.6 is 19.7 Å². The van der Waals surface area contributed by atoms with Crippen LogP contribution in [0.15, 0.2) is 65.5 Å². The topological polar surface area (TPSA) is 38.7 Å². The molecule has 0 N–H and O–H groups in total. The molecule has 1 unspecified atom stereocenters. The summed E-state index contributed by atoms with van der Waals surface area (Å²) in [6, 6.07) is 18.2. The number of hydrogen-bond acceptors (Lipinski definition) is 2. The molecule has 0 aromatic heterocycles. The minimum atomic E-state index is -1.87. The molecular weight excluding hydrogens is 255 g/mol. The van der Waals surface area contributed by atoms with Crippen LogP contribution in [0.1, 0.15) is 0 Å². The number of hydrogen-bond donors (Lipinski definition) is 0. The Balaban J connectivity index is 2.20.